The number of rotatable bonds is 4. The summed E-state index contributed by atoms with van der Waals surface area (Å²) in [6, 6.07) is 18.5. The highest BCUT2D eigenvalue weighted by atomic mass is 15.1. The Hall–Kier alpha value is -2.26. The molecule has 2 aliphatic rings. The van der Waals surface area contributed by atoms with Crippen molar-refractivity contribution in [1.29, 1.82) is 0 Å². The van der Waals surface area contributed by atoms with Gasteiger partial charge in [-0.2, -0.15) is 0 Å². The predicted octanol–water partition coefficient (Wildman–Crippen LogP) is 6.59. The summed E-state index contributed by atoms with van der Waals surface area (Å²) in [6.45, 7) is 9.51. The minimum absolute atomic E-state index is 0.647. The summed E-state index contributed by atoms with van der Waals surface area (Å²) in [7, 11) is 0. The van der Waals surface area contributed by atoms with Gasteiger partial charge < -0.3 is 0 Å². The number of aliphatic imine (C=N–C) groups is 2. The molecule has 2 heterocycles. The highest BCUT2D eigenvalue weighted by molar-refractivity contribution is 6.00. The van der Waals surface area contributed by atoms with Crippen molar-refractivity contribution < 1.29 is 0 Å². The van der Waals surface area contributed by atoms with Crippen LogP contribution in [0.15, 0.2) is 58.5 Å². The maximum absolute atomic E-state index is 4.91. The molecule has 2 aromatic rings. The first kappa shape index (κ1) is 22.9. The van der Waals surface area contributed by atoms with E-state index in [0.717, 1.165) is 45.4 Å². The van der Waals surface area contributed by atoms with Gasteiger partial charge in [0, 0.05) is 44.0 Å². The topological polar surface area (TPSA) is 28.0 Å². The van der Waals surface area contributed by atoms with Crippen molar-refractivity contribution in [2.24, 2.45) is 9.98 Å². The number of benzene rings is 2. The van der Waals surface area contributed by atoms with Gasteiger partial charge in [0.25, 0.3) is 0 Å². The molecule has 1 atom stereocenters. The molecular formula is C29H39N3. The molecule has 0 amide bonds. The van der Waals surface area contributed by atoms with Gasteiger partial charge in [-0.15, -0.1) is 0 Å². The first-order valence-corrected chi connectivity index (χ1v) is 12.6. The smallest absolute Gasteiger partial charge is 0.0444 e. The Morgan fingerprint density at radius 3 is 2.44 bits per heavy atom. The number of hydrogen-bond donors (Lipinski definition) is 0. The van der Waals surface area contributed by atoms with E-state index in [4.69, 9.17) is 4.99 Å². The number of hydrogen-bond acceptors (Lipinski definition) is 3. The summed E-state index contributed by atoms with van der Waals surface area (Å²) >= 11 is 0. The second-order valence-electron chi connectivity index (χ2n) is 9.69. The molecule has 2 aromatic carbocycles. The molecule has 3 heteroatoms. The maximum atomic E-state index is 4.91. The van der Waals surface area contributed by atoms with Crippen LogP contribution in [0.5, 0.6) is 0 Å². The molecular weight excluding hydrogens is 390 g/mol. The Bertz CT molecular complexity index is 908. The lowest BCUT2D eigenvalue weighted by Crippen LogP contribution is -2.31. The van der Waals surface area contributed by atoms with Crippen LogP contribution in [0.4, 0.5) is 0 Å². The number of nitrogens with zero attached hydrogens (tertiary/aromatic N) is 3. The van der Waals surface area contributed by atoms with Crippen LogP contribution in [0.2, 0.25) is 0 Å². The average Bonchev–Trinajstić information content (AvgIpc) is 2.89. The molecule has 1 fully saturated rings. The molecule has 0 saturated carbocycles. The van der Waals surface area contributed by atoms with Crippen LogP contribution in [-0.4, -0.2) is 42.5 Å². The highest BCUT2D eigenvalue weighted by Gasteiger charge is 2.19. The van der Waals surface area contributed by atoms with E-state index in [1.807, 2.05) is 0 Å². The van der Waals surface area contributed by atoms with Crippen molar-refractivity contribution in [3.8, 4) is 0 Å². The molecule has 32 heavy (non-hydrogen) atoms. The van der Waals surface area contributed by atoms with Gasteiger partial charge >= 0.3 is 0 Å². The van der Waals surface area contributed by atoms with E-state index in [2.05, 4.69) is 72.3 Å². The van der Waals surface area contributed by atoms with E-state index in [9.17, 15) is 0 Å². The molecule has 0 N–H and O–H groups in total. The van der Waals surface area contributed by atoms with Crippen LogP contribution in [-0.2, 0) is 6.54 Å². The van der Waals surface area contributed by atoms with Crippen LogP contribution in [0.1, 0.15) is 80.0 Å². The predicted molar refractivity (Wildman–Crippen MR) is 137 cm³/mol. The van der Waals surface area contributed by atoms with E-state index in [1.165, 1.54) is 65.9 Å². The van der Waals surface area contributed by atoms with Crippen molar-refractivity contribution in [1.82, 2.24) is 4.90 Å². The molecule has 0 aliphatic carbocycles. The van der Waals surface area contributed by atoms with Gasteiger partial charge in [-0.25, -0.2) is 0 Å². The molecule has 0 radical (unpaired) electrons. The third-order valence-electron chi connectivity index (χ3n) is 6.98. The van der Waals surface area contributed by atoms with E-state index < -0.39 is 0 Å². The molecule has 1 saturated heterocycles. The van der Waals surface area contributed by atoms with E-state index in [-0.39, 0.29) is 0 Å². The summed E-state index contributed by atoms with van der Waals surface area (Å²) in [6.07, 6.45) is 8.43. The third-order valence-corrected chi connectivity index (χ3v) is 6.98. The van der Waals surface area contributed by atoms with Gasteiger partial charge in [0.2, 0.25) is 0 Å². The fourth-order valence-corrected chi connectivity index (χ4v) is 4.98. The normalized spacial score (nSPS) is 21.4. The Balaban J connectivity index is 1.41. The van der Waals surface area contributed by atoms with Gasteiger partial charge in [-0.3, -0.25) is 14.9 Å². The minimum Gasteiger partial charge on any atom is -0.298 e. The zero-order valence-electron chi connectivity index (χ0n) is 20.0. The number of likely N-dealkylation sites (tertiary alicyclic amines) is 1. The summed E-state index contributed by atoms with van der Waals surface area (Å²) in [5.41, 5.74) is 8.06. The molecule has 2 aliphatic heterocycles. The van der Waals surface area contributed by atoms with Gasteiger partial charge in [0.15, 0.2) is 0 Å². The first-order valence-electron chi connectivity index (χ1n) is 12.6. The van der Waals surface area contributed by atoms with Crippen LogP contribution in [0, 0.1) is 6.92 Å². The molecule has 0 bridgehead atoms. The quantitative estimate of drug-likeness (QED) is 0.539. The lowest BCUT2D eigenvalue weighted by molar-refractivity contribution is 0.222. The molecule has 170 valence electrons. The summed E-state index contributed by atoms with van der Waals surface area (Å²) in [4.78, 5) is 12.2. The van der Waals surface area contributed by atoms with Crippen LogP contribution in [0.25, 0.3) is 0 Å². The Labute approximate surface area is 194 Å². The Morgan fingerprint density at radius 2 is 1.62 bits per heavy atom. The summed E-state index contributed by atoms with van der Waals surface area (Å²) < 4.78 is 0. The SMILES string of the molecule is CC1=NCCCC(c2ccc(CN3CCCCC[C@H](c4ccc(C)cc4)C3)cc2)=NCC1. The van der Waals surface area contributed by atoms with Gasteiger partial charge in [-0.1, -0.05) is 66.9 Å². The fraction of sp³-hybridized carbons (Fsp3) is 0.517. The fourth-order valence-electron chi connectivity index (χ4n) is 4.98. The lowest BCUT2D eigenvalue weighted by atomic mass is 9.90. The first-order chi connectivity index (χ1) is 15.7. The molecule has 3 nitrogen and oxygen atoms in total. The zero-order valence-corrected chi connectivity index (χ0v) is 20.0. The van der Waals surface area contributed by atoms with Crippen molar-refractivity contribution in [3.63, 3.8) is 0 Å². The van der Waals surface area contributed by atoms with Crippen molar-refractivity contribution in [3.05, 3.63) is 70.8 Å². The van der Waals surface area contributed by atoms with Crippen LogP contribution < -0.4 is 0 Å². The molecule has 0 spiro atoms. The highest BCUT2D eigenvalue weighted by Crippen LogP contribution is 2.27. The van der Waals surface area contributed by atoms with E-state index in [0.29, 0.717) is 5.92 Å². The van der Waals surface area contributed by atoms with E-state index in [1.54, 1.807) is 0 Å². The maximum Gasteiger partial charge on any atom is 0.0444 e. The van der Waals surface area contributed by atoms with Crippen molar-refractivity contribution in [2.45, 2.75) is 71.3 Å². The number of aryl methyl sites for hydroxylation is 1. The monoisotopic (exact) mass is 429 g/mol. The molecule has 0 aromatic heterocycles. The minimum atomic E-state index is 0.647. The van der Waals surface area contributed by atoms with Crippen LogP contribution in [0.3, 0.4) is 0 Å². The Kier molecular flexibility index (Phi) is 8.28. The largest absolute Gasteiger partial charge is 0.298 e. The second-order valence-corrected chi connectivity index (χ2v) is 9.69. The molecule has 0 unspecified atom stereocenters. The summed E-state index contributed by atoms with van der Waals surface area (Å²) in [5.74, 6) is 0.647. The standard InChI is InChI=1S/C29H39N3/c1-23-9-13-26(14-10-23)28-7-4-3-5-20-32(22-28)21-25-11-15-27(16-12-25)29-8-6-18-30-24(2)17-19-31-29/h9-16,28H,3-8,17-22H2,1-2H3/t28-/m0/s1. The molecule has 4 rings (SSSR count). The Morgan fingerprint density at radius 1 is 0.812 bits per heavy atom. The van der Waals surface area contributed by atoms with Gasteiger partial charge in [0.1, 0.15) is 0 Å². The van der Waals surface area contributed by atoms with Gasteiger partial charge in [-0.05, 0) is 68.7 Å². The van der Waals surface area contributed by atoms with Crippen LogP contribution >= 0.6 is 0 Å². The third kappa shape index (κ3) is 6.62. The lowest BCUT2D eigenvalue weighted by Gasteiger charge is -2.30. The van der Waals surface area contributed by atoms with Crippen molar-refractivity contribution >= 4 is 11.4 Å². The summed E-state index contributed by atoms with van der Waals surface area (Å²) in [5, 5.41) is 0. The average molecular weight is 430 g/mol. The second kappa shape index (κ2) is 11.6. The van der Waals surface area contributed by atoms with E-state index >= 15 is 0 Å². The van der Waals surface area contributed by atoms with Gasteiger partial charge in [0.05, 0.1) is 0 Å². The zero-order chi connectivity index (χ0) is 22.2. The van der Waals surface area contributed by atoms with Crippen molar-refractivity contribution in [2.75, 3.05) is 26.2 Å².